The highest BCUT2D eigenvalue weighted by atomic mass is 19.1. The Morgan fingerprint density at radius 3 is 2.68 bits per heavy atom. The molecule has 136 valence electrons. The van der Waals surface area contributed by atoms with Gasteiger partial charge in [0.25, 0.3) is 5.91 Å². The highest BCUT2D eigenvalue weighted by Crippen LogP contribution is 2.31. The number of hydrogen-bond acceptors (Lipinski definition) is 3. The van der Waals surface area contributed by atoms with Gasteiger partial charge in [-0.1, -0.05) is 19.8 Å². The Morgan fingerprint density at radius 1 is 1.28 bits per heavy atom. The second-order valence-electron chi connectivity index (χ2n) is 6.13. The Balaban J connectivity index is 2.11. The van der Waals surface area contributed by atoms with Gasteiger partial charge in [0.2, 0.25) is 5.91 Å². The van der Waals surface area contributed by atoms with Gasteiger partial charge in [0.05, 0.1) is 0 Å². The Bertz CT molecular complexity index is 696. The van der Waals surface area contributed by atoms with E-state index in [4.69, 9.17) is 0 Å². The summed E-state index contributed by atoms with van der Waals surface area (Å²) in [6, 6.07) is 1.85. The fourth-order valence-corrected chi connectivity index (χ4v) is 2.71. The van der Waals surface area contributed by atoms with Crippen molar-refractivity contribution < 1.29 is 23.2 Å². The number of benzene rings is 1. The smallest absolute Gasteiger partial charge is 0.325 e. The maximum Gasteiger partial charge on any atom is 0.325 e. The number of rotatable bonds is 7. The molecule has 1 aromatic carbocycles. The van der Waals surface area contributed by atoms with Crippen LogP contribution >= 0.6 is 0 Å². The minimum absolute atomic E-state index is 0.281. The second kappa shape index (κ2) is 7.58. The predicted octanol–water partition coefficient (Wildman–Crippen LogP) is 2.04. The van der Waals surface area contributed by atoms with Crippen LogP contribution in [0.4, 0.5) is 13.6 Å². The SMILES string of the molecule is CCCCCNC(=O)CN1C(=O)N[C@](C)(c2cc(F)ccc2F)C1=O. The Hall–Kier alpha value is -2.51. The third-order valence-electron chi connectivity index (χ3n) is 4.15. The van der Waals surface area contributed by atoms with Crippen LogP contribution in [-0.2, 0) is 15.1 Å². The number of nitrogens with zero attached hydrogens (tertiary/aromatic N) is 1. The molecule has 1 aromatic rings. The molecule has 0 radical (unpaired) electrons. The summed E-state index contributed by atoms with van der Waals surface area (Å²) in [6.07, 6.45) is 2.76. The molecule has 1 fully saturated rings. The first kappa shape index (κ1) is 18.8. The van der Waals surface area contributed by atoms with Crippen LogP contribution in [0.5, 0.6) is 0 Å². The fourth-order valence-electron chi connectivity index (χ4n) is 2.71. The normalized spacial score (nSPS) is 19.9. The van der Waals surface area contributed by atoms with Crippen molar-refractivity contribution in [1.29, 1.82) is 0 Å². The zero-order valence-corrected chi connectivity index (χ0v) is 14.2. The van der Waals surface area contributed by atoms with E-state index < -0.39 is 41.6 Å². The van der Waals surface area contributed by atoms with Crippen molar-refractivity contribution in [3.05, 3.63) is 35.4 Å². The van der Waals surface area contributed by atoms with Crippen molar-refractivity contribution >= 4 is 17.8 Å². The van der Waals surface area contributed by atoms with Gasteiger partial charge in [-0.25, -0.2) is 13.6 Å². The number of urea groups is 1. The summed E-state index contributed by atoms with van der Waals surface area (Å²) in [6.45, 7) is 3.29. The second-order valence-corrected chi connectivity index (χ2v) is 6.13. The van der Waals surface area contributed by atoms with Gasteiger partial charge >= 0.3 is 6.03 Å². The average molecular weight is 353 g/mol. The number of halogens is 2. The van der Waals surface area contributed by atoms with Gasteiger partial charge in [-0.05, 0) is 31.5 Å². The van der Waals surface area contributed by atoms with Gasteiger partial charge in [-0.2, -0.15) is 0 Å². The highest BCUT2D eigenvalue weighted by Gasteiger charge is 2.50. The standard InChI is InChI=1S/C17H21F2N3O3/c1-3-4-5-8-20-14(23)10-22-15(24)17(2,21-16(22)25)12-9-11(18)6-7-13(12)19/h6-7,9H,3-5,8,10H2,1-2H3,(H,20,23)(H,21,25)/t17-/m1/s1. The lowest BCUT2D eigenvalue weighted by Crippen LogP contribution is -2.43. The molecule has 1 atom stereocenters. The molecular weight excluding hydrogens is 332 g/mol. The molecule has 0 bridgehead atoms. The molecule has 1 saturated heterocycles. The molecule has 2 rings (SSSR count). The average Bonchev–Trinajstić information content (AvgIpc) is 2.78. The molecule has 0 aromatic heterocycles. The van der Waals surface area contributed by atoms with E-state index in [1.165, 1.54) is 6.92 Å². The molecule has 2 N–H and O–H groups in total. The summed E-state index contributed by atoms with van der Waals surface area (Å²) in [5, 5.41) is 4.97. The quantitative estimate of drug-likeness (QED) is 0.582. The van der Waals surface area contributed by atoms with E-state index in [1.807, 2.05) is 6.92 Å². The van der Waals surface area contributed by atoms with Crippen molar-refractivity contribution in [2.45, 2.75) is 38.6 Å². The summed E-state index contributed by atoms with van der Waals surface area (Å²) >= 11 is 0. The van der Waals surface area contributed by atoms with E-state index >= 15 is 0 Å². The lowest BCUT2D eigenvalue weighted by Gasteiger charge is -2.22. The first-order valence-corrected chi connectivity index (χ1v) is 8.16. The van der Waals surface area contributed by atoms with Crippen LogP contribution in [0.25, 0.3) is 0 Å². The zero-order chi connectivity index (χ0) is 18.6. The van der Waals surface area contributed by atoms with Crippen molar-refractivity contribution in [2.24, 2.45) is 0 Å². The summed E-state index contributed by atoms with van der Waals surface area (Å²) in [7, 11) is 0. The highest BCUT2D eigenvalue weighted by molar-refractivity contribution is 6.09. The number of amides is 4. The number of unbranched alkanes of at least 4 members (excludes halogenated alkanes) is 2. The van der Waals surface area contributed by atoms with Gasteiger partial charge in [0, 0.05) is 12.1 Å². The maximum atomic E-state index is 14.0. The molecule has 1 aliphatic heterocycles. The lowest BCUT2D eigenvalue weighted by molar-refractivity contribution is -0.134. The van der Waals surface area contributed by atoms with Crippen LogP contribution in [0.15, 0.2) is 18.2 Å². The summed E-state index contributed by atoms with van der Waals surface area (Å²) in [5.41, 5.74) is -2.04. The van der Waals surface area contributed by atoms with Crippen molar-refractivity contribution in [3.63, 3.8) is 0 Å². The number of nitrogens with one attached hydrogen (secondary N) is 2. The topological polar surface area (TPSA) is 78.5 Å². The minimum atomic E-state index is -1.76. The van der Waals surface area contributed by atoms with Crippen molar-refractivity contribution in [3.8, 4) is 0 Å². The maximum absolute atomic E-state index is 14.0. The molecule has 6 nitrogen and oxygen atoms in total. The predicted molar refractivity (Wildman–Crippen MR) is 86.5 cm³/mol. The molecule has 0 unspecified atom stereocenters. The summed E-state index contributed by atoms with van der Waals surface area (Å²) in [5.74, 6) is -2.83. The van der Waals surface area contributed by atoms with E-state index in [0.717, 1.165) is 37.5 Å². The Labute approximate surface area is 144 Å². The molecule has 0 aliphatic carbocycles. The van der Waals surface area contributed by atoms with E-state index in [1.54, 1.807) is 0 Å². The molecule has 4 amide bonds. The third-order valence-corrected chi connectivity index (χ3v) is 4.15. The number of hydrogen-bond donors (Lipinski definition) is 2. The number of carbonyl (C=O) groups is 3. The van der Waals surface area contributed by atoms with Crippen molar-refractivity contribution in [1.82, 2.24) is 15.5 Å². The van der Waals surface area contributed by atoms with Crippen LogP contribution < -0.4 is 10.6 Å². The van der Waals surface area contributed by atoms with E-state index in [-0.39, 0.29) is 5.56 Å². The van der Waals surface area contributed by atoms with E-state index in [2.05, 4.69) is 10.6 Å². The zero-order valence-electron chi connectivity index (χ0n) is 14.2. The van der Waals surface area contributed by atoms with Gasteiger partial charge < -0.3 is 10.6 Å². The molecule has 0 spiro atoms. The summed E-state index contributed by atoms with van der Waals surface area (Å²) in [4.78, 5) is 37.3. The van der Waals surface area contributed by atoms with E-state index in [0.29, 0.717) is 11.4 Å². The minimum Gasteiger partial charge on any atom is -0.355 e. The van der Waals surface area contributed by atoms with Gasteiger partial charge in [-0.3, -0.25) is 14.5 Å². The largest absolute Gasteiger partial charge is 0.355 e. The number of imide groups is 1. The number of carbonyl (C=O) groups excluding carboxylic acids is 3. The molecule has 0 saturated carbocycles. The monoisotopic (exact) mass is 353 g/mol. The molecule has 25 heavy (non-hydrogen) atoms. The molecule has 1 heterocycles. The molecule has 1 aliphatic rings. The van der Waals surface area contributed by atoms with Gasteiger partial charge in [-0.15, -0.1) is 0 Å². The van der Waals surface area contributed by atoms with Crippen LogP contribution in [0.1, 0.15) is 38.7 Å². The van der Waals surface area contributed by atoms with Crippen molar-refractivity contribution in [2.75, 3.05) is 13.1 Å². The fraction of sp³-hybridized carbons (Fsp3) is 0.471. The summed E-state index contributed by atoms with van der Waals surface area (Å²) < 4.78 is 27.5. The van der Waals surface area contributed by atoms with E-state index in [9.17, 15) is 23.2 Å². The van der Waals surface area contributed by atoms with Crippen LogP contribution in [-0.4, -0.2) is 35.8 Å². The molecular formula is C17H21F2N3O3. The first-order valence-electron chi connectivity index (χ1n) is 8.16. The van der Waals surface area contributed by atoms with Crippen LogP contribution in [0.3, 0.4) is 0 Å². The van der Waals surface area contributed by atoms with Crippen LogP contribution in [0, 0.1) is 11.6 Å². The first-order chi connectivity index (χ1) is 11.8. The lowest BCUT2D eigenvalue weighted by atomic mass is 9.91. The molecule has 8 heteroatoms. The Kier molecular flexibility index (Phi) is 5.71. The van der Waals surface area contributed by atoms with Crippen LogP contribution in [0.2, 0.25) is 0 Å². The third kappa shape index (κ3) is 3.94. The van der Waals surface area contributed by atoms with Gasteiger partial charge in [0.15, 0.2) is 0 Å². The Morgan fingerprint density at radius 2 is 2.00 bits per heavy atom. The van der Waals surface area contributed by atoms with Gasteiger partial charge in [0.1, 0.15) is 23.7 Å².